The Morgan fingerprint density at radius 3 is 2.61 bits per heavy atom. The van der Waals surface area contributed by atoms with Crippen LogP contribution in [0.1, 0.15) is 17.3 Å². The number of aliphatic hydroxyl groups is 2. The zero-order chi connectivity index (χ0) is 13.1. The third-order valence-electron chi connectivity index (χ3n) is 2.91. The molecular weight excluding hydrogens is 234 g/mol. The van der Waals surface area contributed by atoms with Crippen molar-refractivity contribution in [3.05, 3.63) is 23.9 Å². The molecule has 0 saturated carbocycles. The summed E-state index contributed by atoms with van der Waals surface area (Å²) in [6.45, 7) is 3.06. The lowest BCUT2D eigenvalue weighted by molar-refractivity contribution is 0.0572. The predicted molar refractivity (Wildman–Crippen MR) is 66.3 cm³/mol. The van der Waals surface area contributed by atoms with Gasteiger partial charge in [0.2, 0.25) is 0 Å². The molecule has 1 amide bonds. The SMILES string of the molecule is CCNc1ccc(C(=O)N2CC(O)C(O)C2)cn1. The predicted octanol–water partition coefficient (Wildman–Crippen LogP) is -0.309. The van der Waals surface area contributed by atoms with Gasteiger partial charge in [-0.25, -0.2) is 4.98 Å². The Balaban J connectivity index is 2.05. The minimum absolute atomic E-state index is 0.162. The third-order valence-corrected chi connectivity index (χ3v) is 2.91. The molecule has 6 heteroatoms. The summed E-state index contributed by atoms with van der Waals surface area (Å²) in [7, 11) is 0. The average molecular weight is 251 g/mol. The molecule has 1 aliphatic rings. The van der Waals surface area contributed by atoms with E-state index in [4.69, 9.17) is 0 Å². The lowest BCUT2D eigenvalue weighted by Crippen LogP contribution is -2.29. The van der Waals surface area contributed by atoms with Crippen LogP contribution in [0.5, 0.6) is 0 Å². The van der Waals surface area contributed by atoms with Crippen molar-refractivity contribution in [1.29, 1.82) is 0 Å². The molecule has 0 aromatic carbocycles. The molecule has 0 bridgehead atoms. The second-order valence-electron chi connectivity index (χ2n) is 4.31. The highest BCUT2D eigenvalue weighted by atomic mass is 16.3. The fourth-order valence-electron chi connectivity index (χ4n) is 1.92. The summed E-state index contributed by atoms with van der Waals surface area (Å²) >= 11 is 0. The van der Waals surface area contributed by atoms with Gasteiger partial charge in [0.1, 0.15) is 5.82 Å². The van der Waals surface area contributed by atoms with Gasteiger partial charge in [0.05, 0.1) is 17.8 Å². The Morgan fingerprint density at radius 1 is 1.44 bits per heavy atom. The van der Waals surface area contributed by atoms with E-state index in [-0.39, 0.29) is 19.0 Å². The Bertz CT molecular complexity index is 411. The van der Waals surface area contributed by atoms with Crippen LogP contribution in [0, 0.1) is 0 Å². The van der Waals surface area contributed by atoms with Crippen LogP contribution in [0.2, 0.25) is 0 Å². The van der Waals surface area contributed by atoms with Gasteiger partial charge in [-0.1, -0.05) is 0 Å². The highest BCUT2D eigenvalue weighted by Crippen LogP contribution is 2.14. The Hall–Kier alpha value is -1.66. The lowest BCUT2D eigenvalue weighted by Gasteiger charge is -2.15. The quantitative estimate of drug-likeness (QED) is 0.686. The summed E-state index contributed by atoms with van der Waals surface area (Å²) in [5.41, 5.74) is 0.456. The van der Waals surface area contributed by atoms with E-state index in [9.17, 15) is 15.0 Å². The highest BCUT2D eigenvalue weighted by molar-refractivity contribution is 5.94. The molecule has 3 N–H and O–H groups in total. The number of carbonyl (C=O) groups is 1. The molecule has 0 spiro atoms. The molecule has 0 radical (unpaired) electrons. The molecule has 1 saturated heterocycles. The van der Waals surface area contributed by atoms with Gasteiger partial charge >= 0.3 is 0 Å². The number of anilines is 1. The van der Waals surface area contributed by atoms with Gasteiger partial charge in [-0.2, -0.15) is 0 Å². The number of hydrogen-bond donors (Lipinski definition) is 3. The zero-order valence-electron chi connectivity index (χ0n) is 10.2. The summed E-state index contributed by atoms with van der Waals surface area (Å²) in [5.74, 6) is 0.497. The Morgan fingerprint density at radius 2 is 2.11 bits per heavy atom. The maximum absolute atomic E-state index is 12.1. The number of β-amino-alcohol motifs (C(OH)–C–C–N with tert-alkyl or cyclic N) is 2. The maximum Gasteiger partial charge on any atom is 0.255 e. The molecule has 1 aliphatic heterocycles. The molecule has 18 heavy (non-hydrogen) atoms. The molecule has 2 heterocycles. The molecule has 6 nitrogen and oxygen atoms in total. The summed E-state index contributed by atoms with van der Waals surface area (Å²) in [6.07, 6.45) is -0.219. The number of aromatic nitrogens is 1. The highest BCUT2D eigenvalue weighted by Gasteiger charge is 2.32. The van der Waals surface area contributed by atoms with Gasteiger partial charge in [0.25, 0.3) is 5.91 Å². The van der Waals surface area contributed by atoms with Gasteiger partial charge in [-0.05, 0) is 19.1 Å². The minimum atomic E-state index is -0.858. The van der Waals surface area contributed by atoms with E-state index < -0.39 is 12.2 Å². The standard InChI is InChI=1S/C12H17N3O3/c1-2-13-11-4-3-8(5-14-11)12(18)15-6-9(16)10(17)7-15/h3-5,9-10,16-17H,2,6-7H2,1H3,(H,13,14). The second-order valence-corrected chi connectivity index (χ2v) is 4.31. The smallest absolute Gasteiger partial charge is 0.255 e. The van der Waals surface area contributed by atoms with Crippen LogP contribution in [-0.2, 0) is 0 Å². The van der Waals surface area contributed by atoms with E-state index >= 15 is 0 Å². The van der Waals surface area contributed by atoms with E-state index in [1.54, 1.807) is 12.1 Å². The Labute approximate surface area is 105 Å². The topological polar surface area (TPSA) is 85.7 Å². The van der Waals surface area contributed by atoms with Gasteiger partial charge in [0, 0.05) is 25.8 Å². The van der Waals surface area contributed by atoms with Gasteiger partial charge < -0.3 is 20.4 Å². The van der Waals surface area contributed by atoms with Gasteiger partial charge in [-0.15, -0.1) is 0 Å². The number of nitrogens with zero attached hydrogens (tertiary/aromatic N) is 2. The monoisotopic (exact) mass is 251 g/mol. The van der Waals surface area contributed by atoms with Crippen LogP contribution >= 0.6 is 0 Å². The largest absolute Gasteiger partial charge is 0.388 e. The first-order valence-corrected chi connectivity index (χ1v) is 5.97. The summed E-state index contributed by atoms with van der Waals surface area (Å²) < 4.78 is 0. The number of rotatable bonds is 3. The summed E-state index contributed by atoms with van der Waals surface area (Å²) in [6, 6.07) is 3.42. The van der Waals surface area contributed by atoms with Crippen LogP contribution in [-0.4, -0.2) is 57.8 Å². The second kappa shape index (κ2) is 5.32. The molecule has 2 rings (SSSR count). The molecule has 1 aromatic rings. The van der Waals surface area contributed by atoms with Crippen molar-refractivity contribution in [3.8, 4) is 0 Å². The first-order chi connectivity index (χ1) is 8.61. The first kappa shape index (κ1) is 12.8. The number of carbonyl (C=O) groups excluding carboxylic acids is 1. The lowest BCUT2D eigenvalue weighted by atomic mass is 10.2. The Kier molecular flexibility index (Phi) is 3.78. The molecule has 2 unspecified atom stereocenters. The van der Waals surface area contributed by atoms with Crippen LogP contribution in [0.15, 0.2) is 18.3 Å². The van der Waals surface area contributed by atoms with Crippen molar-refractivity contribution in [2.45, 2.75) is 19.1 Å². The van der Waals surface area contributed by atoms with Crippen molar-refractivity contribution in [1.82, 2.24) is 9.88 Å². The van der Waals surface area contributed by atoms with E-state index in [0.29, 0.717) is 5.56 Å². The van der Waals surface area contributed by atoms with Crippen molar-refractivity contribution < 1.29 is 15.0 Å². The molecular formula is C12H17N3O3. The normalized spacial score (nSPS) is 23.2. The fourth-order valence-corrected chi connectivity index (χ4v) is 1.92. The van der Waals surface area contributed by atoms with E-state index in [2.05, 4.69) is 10.3 Å². The molecule has 98 valence electrons. The van der Waals surface area contributed by atoms with Gasteiger partial charge in [0.15, 0.2) is 0 Å². The van der Waals surface area contributed by atoms with Crippen molar-refractivity contribution in [2.75, 3.05) is 25.0 Å². The average Bonchev–Trinajstić information content (AvgIpc) is 2.70. The number of nitrogens with one attached hydrogen (secondary N) is 1. The third kappa shape index (κ3) is 2.60. The maximum atomic E-state index is 12.1. The molecule has 1 aromatic heterocycles. The summed E-state index contributed by atoms with van der Waals surface area (Å²) in [5, 5.41) is 21.9. The van der Waals surface area contributed by atoms with E-state index in [0.717, 1.165) is 12.4 Å². The first-order valence-electron chi connectivity index (χ1n) is 5.97. The molecule has 1 fully saturated rings. The molecule has 0 aliphatic carbocycles. The van der Waals surface area contributed by atoms with Crippen molar-refractivity contribution in [2.24, 2.45) is 0 Å². The number of hydrogen-bond acceptors (Lipinski definition) is 5. The van der Waals surface area contributed by atoms with Crippen LogP contribution in [0.25, 0.3) is 0 Å². The number of pyridine rings is 1. The zero-order valence-corrected chi connectivity index (χ0v) is 10.2. The van der Waals surface area contributed by atoms with Crippen molar-refractivity contribution in [3.63, 3.8) is 0 Å². The number of aliphatic hydroxyl groups excluding tert-OH is 2. The van der Waals surface area contributed by atoms with Gasteiger partial charge in [-0.3, -0.25) is 4.79 Å². The minimum Gasteiger partial charge on any atom is -0.388 e. The number of amides is 1. The number of likely N-dealkylation sites (tertiary alicyclic amines) is 1. The fraction of sp³-hybridized carbons (Fsp3) is 0.500. The molecule has 2 atom stereocenters. The van der Waals surface area contributed by atoms with E-state index in [1.165, 1.54) is 11.1 Å². The van der Waals surface area contributed by atoms with Crippen LogP contribution < -0.4 is 5.32 Å². The van der Waals surface area contributed by atoms with Crippen molar-refractivity contribution >= 4 is 11.7 Å². The van der Waals surface area contributed by atoms with E-state index in [1.807, 2.05) is 6.92 Å². The van der Waals surface area contributed by atoms with Crippen LogP contribution in [0.4, 0.5) is 5.82 Å². The van der Waals surface area contributed by atoms with Crippen LogP contribution in [0.3, 0.4) is 0 Å². The summed E-state index contributed by atoms with van der Waals surface area (Å²) in [4.78, 5) is 17.6.